The Morgan fingerprint density at radius 1 is 1.25 bits per heavy atom. The Labute approximate surface area is 75.3 Å². The van der Waals surface area contributed by atoms with Crippen LogP contribution in [0.4, 0.5) is 0 Å². The summed E-state index contributed by atoms with van der Waals surface area (Å²) in [5.41, 5.74) is 0. The first-order chi connectivity index (χ1) is 5.79. The number of nitrogens with one attached hydrogen (secondary N) is 1. The van der Waals surface area contributed by atoms with Gasteiger partial charge in [0.05, 0.1) is 0 Å². The van der Waals surface area contributed by atoms with Gasteiger partial charge < -0.3 is 5.32 Å². The average molecular weight is 168 g/mol. The van der Waals surface area contributed by atoms with Gasteiger partial charge in [-0.3, -0.25) is 4.90 Å². The minimum absolute atomic E-state index is 0.792. The molecule has 0 radical (unpaired) electrons. The summed E-state index contributed by atoms with van der Waals surface area (Å²) in [5.74, 6) is 0. The number of hydrogen-bond donors (Lipinski definition) is 1. The van der Waals surface area contributed by atoms with Crippen molar-refractivity contribution in [2.75, 3.05) is 13.6 Å². The highest BCUT2D eigenvalue weighted by molar-refractivity contribution is 4.93. The fourth-order valence-electron chi connectivity index (χ4n) is 2.67. The SMILES string of the molecule is CC1CCC2NCCCC2N1C. The Balaban J connectivity index is 2.03. The molecule has 1 N–H and O–H groups in total. The Kier molecular flexibility index (Phi) is 2.37. The fourth-order valence-corrected chi connectivity index (χ4v) is 2.67. The molecular formula is C10H20N2. The number of nitrogens with zero attached hydrogens (tertiary/aromatic N) is 1. The zero-order valence-corrected chi connectivity index (χ0v) is 8.21. The quantitative estimate of drug-likeness (QED) is 0.585. The highest BCUT2D eigenvalue weighted by Gasteiger charge is 2.33. The first-order valence-corrected chi connectivity index (χ1v) is 5.24. The van der Waals surface area contributed by atoms with E-state index >= 15 is 0 Å². The highest BCUT2D eigenvalue weighted by atomic mass is 15.2. The summed E-state index contributed by atoms with van der Waals surface area (Å²) in [6.45, 7) is 3.59. The molecule has 2 fully saturated rings. The van der Waals surface area contributed by atoms with Crippen molar-refractivity contribution in [3.63, 3.8) is 0 Å². The Hall–Kier alpha value is -0.0800. The Morgan fingerprint density at radius 3 is 2.92 bits per heavy atom. The van der Waals surface area contributed by atoms with E-state index in [0.29, 0.717) is 0 Å². The van der Waals surface area contributed by atoms with E-state index < -0.39 is 0 Å². The van der Waals surface area contributed by atoms with E-state index in [1.807, 2.05) is 0 Å². The molecule has 0 spiro atoms. The summed E-state index contributed by atoms with van der Waals surface area (Å²) in [7, 11) is 2.29. The number of likely N-dealkylation sites (N-methyl/N-ethyl adjacent to an activating group) is 1. The second-order valence-electron chi connectivity index (χ2n) is 4.36. The number of hydrogen-bond acceptors (Lipinski definition) is 2. The lowest BCUT2D eigenvalue weighted by atomic mass is 9.87. The van der Waals surface area contributed by atoms with Crippen molar-refractivity contribution in [3.05, 3.63) is 0 Å². The van der Waals surface area contributed by atoms with Crippen LogP contribution in [0.25, 0.3) is 0 Å². The predicted molar refractivity (Wildman–Crippen MR) is 51.3 cm³/mol. The zero-order valence-electron chi connectivity index (χ0n) is 8.21. The van der Waals surface area contributed by atoms with Gasteiger partial charge in [-0.05, 0) is 46.2 Å². The first-order valence-electron chi connectivity index (χ1n) is 5.24. The van der Waals surface area contributed by atoms with Crippen molar-refractivity contribution in [1.29, 1.82) is 0 Å². The Morgan fingerprint density at radius 2 is 2.08 bits per heavy atom. The molecule has 2 aliphatic heterocycles. The third-order valence-corrected chi connectivity index (χ3v) is 3.66. The van der Waals surface area contributed by atoms with E-state index in [1.54, 1.807) is 0 Å². The van der Waals surface area contributed by atoms with E-state index in [2.05, 4.69) is 24.2 Å². The summed E-state index contributed by atoms with van der Waals surface area (Å²) in [4.78, 5) is 2.57. The van der Waals surface area contributed by atoms with Gasteiger partial charge in [0.2, 0.25) is 0 Å². The van der Waals surface area contributed by atoms with Gasteiger partial charge in [0, 0.05) is 18.1 Å². The van der Waals surface area contributed by atoms with Gasteiger partial charge in [-0.15, -0.1) is 0 Å². The lowest BCUT2D eigenvalue weighted by Crippen LogP contribution is -2.58. The summed E-state index contributed by atoms with van der Waals surface area (Å²) < 4.78 is 0. The van der Waals surface area contributed by atoms with Gasteiger partial charge in [-0.2, -0.15) is 0 Å². The molecule has 2 aliphatic rings. The van der Waals surface area contributed by atoms with E-state index in [1.165, 1.54) is 32.2 Å². The van der Waals surface area contributed by atoms with E-state index in [9.17, 15) is 0 Å². The molecule has 0 aromatic carbocycles. The van der Waals surface area contributed by atoms with E-state index in [-0.39, 0.29) is 0 Å². The van der Waals surface area contributed by atoms with Crippen LogP contribution < -0.4 is 5.32 Å². The standard InChI is InChI=1S/C10H20N2/c1-8-5-6-9-10(12(8)2)4-3-7-11-9/h8-11H,3-7H2,1-2H3. The largest absolute Gasteiger partial charge is 0.312 e. The molecule has 0 amide bonds. The molecule has 0 bridgehead atoms. The molecule has 2 heterocycles. The van der Waals surface area contributed by atoms with Crippen molar-refractivity contribution >= 4 is 0 Å². The normalized spacial score (nSPS) is 44.0. The molecular weight excluding hydrogens is 148 g/mol. The van der Waals surface area contributed by atoms with Crippen LogP contribution in [0.3, 0.4) is 0 Å². The van der Waals surface area contributed by atoms with Gasteiger partial charge in [-0.25, -0.2) is 0 Å². The topological polar surface area (TPSA) is 15.3 Å². The summed E-state index contributed by atoms with van der Waals surface area (Å²) in [6.07, 6.45) is 5.51. The number of piperidine rings is 2. The minimum Gasteiger partial charge on any atom is -0.312 e. The van der Waals surface area contributed by atoms with Crippen molar-refractivity contribution < 1.29 is 0 Å². The fraction of sp³-hybridized carbons (Fsp3) is 1.00. The van der Waals surface area contributed by atoms with E-state index in [0.717, 1.165) is 18.1 Å². The van der Waals surface area contributed by atoms with Crippen LogP contribution in [0.2, 0.25) is 0 Å². The molecule has 2 saturated heterocycles. The summed E-state index contributed by atoms with van der Waals surface area (Å²) in [6, 6.07) is 2.41. The van der Waals surface area contributed by atoms with Crippen molar-refractivity contribution in [1.82, 2.24) is 10.2 Å². The van der Waals surface area contributed by atoms with Crippen molar-refractivity contribution in [2.24, 2.45) is 0 Å². The summed E-state index contributed by atoms with van der Waals surface area (Å²) in [5, 5.41) is 3.63. The van der Waals surface area contributed by atoms with Crippen LogP contribution in [0.15, 0.2) is 0 Å². The van der Waals surface area contributed by atoms with Gasteiger partial charge in [0.25, 0.3) is 0 Å². The third kappa shape index (κ3) is 1.38. The smallest absolute Gasteiger partial charge is 0.0249 e. The maximum absolute atomic E-state index is 3.63. The zero-order chi connectivity index (χ0) is 8.55. The maximum Gasteiger partial charge on any atom is 0.0249 e. The lowest BCUT2D eigenvalue weighted by Gasteiger charge is -2.46. The monoisotopic (exact) mass is 168 g/mol. The van der Waals surface area contributed by atoms with E-state index in [4.69, 9.17) is 0 Å². The molecule has 0 aromatic heterocycles. The molecule has 0 aromatic rings. The second-order valence-corrected chi connectivity index (χ2v) is 4.36. The van der Waals surface area contributed by atoms with Gasteiger partial charge >= 0.3 is 0 Å². The first kappa shape index (κ1) is 8.52. The summed E-state index contributed by atoms with van der Waals surface area (Å²) >= 11 is 0. The average Bonchev–Trinajstić information content (AvgIpc) is 2.12. The van der Waals surface area contributed by atoms with Crippen LogP contribution in [0.5, 0.6) is 0 Å². The number of rotatable bonds is 0. The van der Waals surface area contributed by atoms with Crippen molar-refractivity contribution in [2.45, 2.75) is 50.7 Å². The molecule has 0 saturated carbocycles. The molecule has 2 nitrogen and oxygen atoms in total. The van der Waals surface area contributed by atoms with Crippen LogP contribution >= 0.6 is 0 Å². The molecule has 2 rings (SSSR count). The van der Waals surface area contributed by atoms with Gasteiger partial charge in [0.15, 0.2) is 0 Å². The lowest BCUT2D eigenvalue weighted by molar-refractivity contribution is 0.0697. The van der Waals surface area contributed by atoms with Crippen LogP contribution in [-0.4, -0.2) is 36.6 Å². The van der Waals surface area contributed by atoms with Gasteiger partial charge in [0.1, 0.15) is 0 Å². The molecule has 3 unspecified atom stereocenters. The number of fused-ring (bicyclic) bond motifs is 1. The maximum atomic E-state index is 3.63. The van der Waals surface area contributed by atoms with Crippen LogP contribution in [0.1, 0.15) is 32.6 Å². The highest BCUT2D eigenvalue weighted by Crippen LogP contribution is 2.26. The predicted octanol–water partition coefficient (Wildman–Crippen LogP) is 1.22. The van der Waals surface area contributed by atoms with Crippen LogP contribution in [-0.2, 0) is 0 Å². The van der Waals surface area contributed by atoms with Crippen LogP contribution in [0, 0.1) is 0 Å². The Bertz CT molecular complexity index is 156. The minimum atomic E-state index is 0.792. The number of likely N-dealkylation sites (tertiary alicyclic amines) is 1. The second kappa shape index (κ2) is 3.35. The van der Waals surface area contributed by atoms with Crippen molar-refractivity contribution in [3.8, 4) is 0 Å². The molecule has 0 aliphatic carbocycles. The van der Waals surface area contributed by atoms with Gasteiger partial charge in [-0.1, -0.05) is 0 Å². The molecule has 12 heavy (non-hydrogen) atoms. The molecule has 70 valence electrons. The third-order valence-electron chi connectivity index (χ3n) is 3.66. The molecule has 3 atom stereocenters. The molecule has 2 heteroatoms.